The number of aryl methyl sites for hydroxylation is 2. The molecule has 2 aliphatic rings. The number of nitrogens with one attached hydrogen (secondary N) is 1. The van der Waals surface area contributed by atoms with Crippen LogP contribution in [0.25, 0.3) is 0 Å². The summed E-state index contributed by atoms with van der Waals surface area (Å²) in [4.78, 5) is 19.0. The summed E-state index contributed by atoms with van der Waals surface area (Å²) in [7, 11) is 0. The Morgan fingerprint density at radius 1 is 1.24 bits per heavy atom. The van der Waals surface area contributed by atoms with Crippen LogP contribution in [0.5, 0.6) is 0 Å². The van der Waals surface area contributed by atoms with E-state index in [1.807, 2.05) is 12.3 Å². The van der Waals surface area contributed by atoms with Crippen molar-refractivity contribution in [2.24, 2.45) is 0 Å². The number of benzene rings is 1. The van der Waals surface area contributed by atoms with Crippen molar-refractivity contribution in [3.63, 3.8) is 0 Å². The van der Waals surface area contributed by atoms with Crippen LogP contribution in [0.1, 0.15) is 59.2 Å². The van der Waals surface area contributed by atoms with Crippen LogP contribution in [0.3, 0.4) is 0 Å². The van der Waals surface area contributed by atoms with Crippen LogP contribution in [0.4, 0.5) is 0 Å². The Kier molecular flexibility index (Phi) is 6.32. The van der Waals surface area contributed by atoms with Crippen LogP contribution >= 0.6 is 11.3 Å². The zero-order chi connectivity index (χ0) is 20.3. The van der Waals surface area contributed by atoms with Gasteiger partial charge >= 0.3 is 0 Å². The van der Waals surface area contributed by atoms with Crippen molar-refractivity contribution in [3.05, 3.63) is 51.5 Å². The average Bonchev–Trinajstić information content (AvgIpc) is 3.35. The van der Waals surface area contributed by atoms with E-state index in [9.17, 15) is 4.79 Å². The number of amides is 1. The van der Waals surface area contributed by atoms with E-state index in [1.54, 1.807) is 0 Å². The molecule has 2 saturated heterocycles. The molecule has 1 spiro atoms. The molecular formula is C23H31N3O2S. The lowest BCUT2D eigenvalue weighted by molar-refractivity contribution is -0.0764. The lowest BCUT2D eigenvalue weighted by atomic mass is 9.88. The summed E-state index contributed by atoms with van der Waals surface area (Å²) in [5, 5.41) is 5.73. The van der Waals surface area contributed by atoms with Gasteiger partial charge < -0.3 is 10.1 Å². The number of likely N-dealkylation sites (tertiary alicyclic amines) is 1. The van der Waals surface area contributed by atoms with Crippen LogP contribution in [-0.2, 0) is 17.7 Å². The van der Waals surface area contributed by atoms with Crippen molar-refractivity contribution in [2.75, 3.05) is 19.6 Å². The fourth-order valence-electron chi connectivity index (χ4n) is 4.43. The molecule has 5 nitrogen and oxygen atoms in total. The smallest absolute Gasteiger partial charge is 0.270 e. The van der Waals surface area contributed by atoms with E-state index in [1.165, 1.54) is 22.5 Å². The minimum absolute atomic E-state index is 0.00911. The Hall–Kier alpha value is -1.76. The molecule has 2 aliphatic heterocycles. The number of piperidine rings is 1. The Labute approximate surface area is 177 Å². The lowest BCUT2D eigenvalue weighted by Crippen LogP contribution is -2.44. The van der Waals surface area contributed by atoms with E-state index in [0.717, 1.165) is 56.7 Å². The predicted octanol–water partition coefficient (Wildman–Crippen LogP) is 3.96. The van der Waals surface area contributed by atoms with Crippen LogP contribution in [0.2, 0.25) is 0 Å². The summed E-state index contributed by atoms with van der Waals surface area (Å²) >= 11 is 1.50. The number of nitrogens with zero attached hydrogens (tertiary/aromatic N) is 2. The lowest BCUT2D eigenvalue weighted by Gasteiger charge is -2.39. The quantitative estimate of drug-likeness (QED) is 0.779. The molecule has 4 rings (SSSR count). The van der Waals surface area contributed by atoms with E-state index >= 15 is 0 Å². The zero-order valence-corrected chi connectivity index (χ0v) is 18.3. The van der Waals surface area contributed by atoms with Gasteiger partial charge in [0.25, 0.3) is 5.91 Å². The molecule has 0 radical (unpaired) electrons. The second-order valence-corrected chi connectivity index (χ2v) is 9.43. The molecule has 6 heteroatoms. The topological polar surface area (TPSA) is 54.5 Å². The number of hydrogen-bond donors (Lipinski definition) is 1. The molecule has 1 amide bonds. The third kappa shape index (κ3) is 5.05. The second kappa shape index (κ2) is 8.94. The summed E-state index contributed by atoms with van der Waals surface area (Å²) in [5.41, 5.74) is 3.31. The fraction of sp³-hybridized carbons (Fsp3) is 0.565. The van der Waals surface area contributed by atoms with Crippen LogP contribution in [0.15, 0.2) is 29.6 Å². The molecule has 2 aromatic rings. The van der Waals surface area contributed by atoms with Gasteiger partial charge in [0.15, 0.2) is 0 Å². The third-order valence-corrected chi connectivity index (χ3v) is 7.06. The highest BCUT2D eigenvalue weighted by molar-refractivity contribution is 7.09. The molecule has 2 fully saturated rings. The van der Waals surface area contributed by atoms with Crippen molar-refractivity contribution in [1.29, 1.82) is 0 Å². The first-order valence-electron chi connectivity index (χ1n) is 10.7. The molecule has 0 bridgehead atoms. The molecule has 0 saturated carbocycles. The van der Waals surface area contributed by atoms with Gasteiger partial charge in [-0.3, -0.25) is 9.69 Å². The normalized spacial score (nSPS) is 21.5. The zero-order valence-electron chi connectivity index (χ0n) is 17.4. The van der Waals surface area contributed by atoms with E-state index < -0.39 is 0 Å². The number of carbonyl (C=O) groups is 1. The number of carbonyl (C=O) groups excluding carboxylic acids is 1. The van der Waals surface area contributed by atoms with Crippen molar-refractivity contribution in [3.8, 4) is 0 Å². The largest absolute Gasteiger partial charge is 0.370 e. The highest BCUT2D eigenvalue weighted by Crippen LogP contribution is 2.39. The first-order chi connectivity index (χ1) is 14.0. The van der Waals surface area contributed by atoms with Gasteiger partial charge in [0.05, 0.1) is 16.7 Å². The number of rotatable bonds is 6. The molecular weight excluding hydrogens is 382 g/mol. The maximum Gasteiger partial charge on any atom is 0.270 e. The minimum Gasteiger partial charge on any atom is -0.370 e. The molecule has 1 atom stereocenters. The van der Waals surface area contributed by atoms with Crippen molar-refractivity contribution >= 4 is 17.2 Å². The maximum atomic E-state index is 12.2. The Balaban J connectivity index is 1.22. The second-order valence-electron chi connectivity index (χ2n) is 8.37. The van der Waals surface area contributed by atoms with Gasteiger partial charge in [0.1, 0.15) is 5.69 Å². The number of aromatic nitrogens is 1. The monoisotopic (exact) mass is 413 g/mol. The van der Waals surface area contributed by atoms with Gasteiger partial charge in [-0.2, -0.15) is 0 Å². The fourth-order valence-corrected chi connectivity index (χ4v) is 5.02. The van der Waals surface area contributed by atoms with Crippen molar-refractivity contribution in [1.82, 2.24) is 15.2 Å². The molecule has 1 aromatic heterocycles. The first-order valence-corrected chi connectivity index (χ1v) is 11.6. The molecule has 29 heavy (non-hydrogen) atoms. The summed E-state index contributed by atoms with van der Waals surface area (Å²) in [6, 6.07) is 9.01. The minimum atomic E-state index is -0.0946. The van der Waals surface area contributed by atoms with E-state index in [0.29, 0.717) is 12.2 Å². The van der Waals surface area contributed by atoms with E-state index in [2.05, 4.69) is 46.4 Å². The summed E-state index contributed by atoms with van der Waals surface area (Å²) in [5.74, 6) is -0.0946. The summed E-state index contributed by atoms with van der Waals surface area (Å²) in [6.07, 6.45) is 5.49. The van der Waals surface area contributed by atoms with Gasteiger partial charge in [-0.05, 0) is 50.2 Å². The van der Waals surface area contributed by atoms with Crippen LogP contribution < -0.4 is 5.32 Å². The maximum absolute atomic E-state index is 12.2. The van der Waals surface area contributed by atoms with Gasteiger partial charge in [-0.1, -0.05) is 31.2 Å². The van der Waals surface area contributed by atoms with Crippen molar-refractivity contribution in [2.45, 2.75) is 64.2 Å². The Bertz CT molecular complexity index is 825. The average molecular weight is 414 g/mol. The standard InChI is InChI=1S/C23H31N3O2S/c1-3-18-4-6-19(7-5-18)15-26-12-10-23(11-13-26)9-8-20(28-23)14-24-22(27)21-16-29-17(2)25-21/h4-7,16,20H,3,8-15H2,1-2H3,(H,24,27)/t20-/m0/s1. The first kappa shape index (κ1) is 20.5. The van der Waals surface area contributed by atoms with Gasteiger partial charge in [-0.25, -0.2) is 4.98 Å². The SMILES string of the molecule is CCc1ccc(CN2CCC3(CC[C@@H](CNC(=O)c4csc(C)n4)O3)CC2)cc1. The number of ether oxygens (including phenoxy) is 1. The number of thiazole rings is 1. The van der Waals surface area contributed by atoms with Gasteiger partial charge in [0.2, 0.25) is 0 Å². The van der Waals surface area contributed by atoms with E-state index in [4.69, 9.17) is 4.74 Å². The van der Waals surface area contributed by atoms with Crippen LogP contribution in [-0.4, -0.2) is 47.1 Å². The number of hydrogen-bond acceptors (Lipinski definition) is 5. The van der Waals surface area contributed by atoms with Gasteiger partial charge in [0, 0.05) is 31.6 Å². The highest BCUT2D eigenvalue weighted by Gasteiger charge is 2.42. The van der Waals surface area contributed by atoms with Gasteiger partial charge in [-0.15, -0.1) is 11.3 Å². The predicted molar refractivity (Wildman–Crippen MR) is 116 cm³/mol. The molecule has 0 unspecified atom stereocenters. The molecule has 3 heterocycles. The molecule has 0 aliphatic carbocycles. The summed E-state index contributed by atoms with van der Waals surface area (Å²) < 4.78 is 6.45. The molecule has 1 N–H and O–H groups in total. The van der Waals surface area contributed by atoms with Crippen LogP contribution in [0, 0.1) is 6.92 Å². The summed E-state index contributed by atoms with van der Waals surface area (Å²) in [6.45, 7) is 7.86. The molecule has 1 aromatic carbocycles. The van der Waals surface area contributed by atoms with Crippen molar-refractivity contribution < 1.29 is 9.53 Å². The van der Waals surface area contributed by atoms with E-state index in [-0.39, 0.29) is 17.6 Å². The third-order valence-electron chi connectivity index (χ3n) is 6.29. The Morgan fingerprint density at radius 2 is 1.97 bits per heavy atom. The molecule has 156 valence electrons. The highest BCUT2D eigenvalue weighted by atomic mass is 32.1. The Morgan fingerprint density at radius 3 is 2.62 bits per heavy atom.